The van der Waals surface area contributed by atoms with Gasteiger partial charge in [-0.3, -0.25) is 4.79 Å². The van der Waals surface area contributed by atoms with Crippen molar-refractivity contribution in [3.63, 3.8) is 0 Å². The zero-order valence-electron chi connectivity index (χ0n) is 16.5. The van der Waals surface area contributed by atoms with Crippen molar-refractivity contribution in [2.24, 2.45) is 5.92 Å². The number of imidazole rings is 1. The van der Waals surface area contributed by atoms with E-state index in [-0.39, 0.29) is 0 Å². The van der Waals surface area contributed by atoms with Gasteiger partial charge in [0.15, 0.2) is 5.16 Å². The maximum Gasteiger partial charge on any atom is 0.233 e. The number of amides is 1. The highest BCUT2D eigenvalue weighted by molar-refractivity contribution is 7.99. The van der Waals surface area contributed by atoms with Crippen molar-refractivity contribution < 1.29 is 4.79 Å². The molecule has 1 amide bonds. The van der Waals surface area contributed by atoms with Gasteiger partial charge < -0.3 is 9.47 Å². The maximum absolute atomic E-state index is 13.0. The molecule has 0 N–H and O–H groups in total. The quantitative estimate of drug-likeness (QED) is 0.637. The fourth-order valence-electron chi connectivity index (χ4n) is 4.59. The molecule has 0 spiro atoms. The number of aromatic nitrogens is 2. The molecule has 0 aromatic carbocycles. The molecule has 3 fully saturated rings. The second kappa shape index (κ2) is 7.57. The molecule has 1 aromatic rings. The molecule has 0 aliphatic heterocycles. The van der Waals surface area contributed by atoms with Gasteiger partial charge in [-0.05, 0) is 65.2 Å². The minimum Gasteiger partial charge on any atom is -0.336 e. The first-order chi connectivity index (χ1) is 12.6. The Hall–Kier alpha value is -0.970. The number of aryl methyl sites for hydroxylation is 1. The molecule has 144 valence electrons. The standard InChI is InChI=1S/C21H33N3OS/c1-14-15(2)24(18-7-5-4-6-8-18)21(22-14)26-13-20(25)23(19-11-12-19)16(3)17-9-10-17/h16-19H,4-13H2,1-3H3. The third-order valence-electron chi connectivity index (χ3n) is 6.59. The summed E-state index contributed by atoms with van der Waals surface area (Å²) < 4.78 is 2.44. The van der Waals surface area contributed by atoms with Crippen LogP contribution in [0.4, 0.5) is 0 Å². The van der Waals surface area contributed by atoms with Crippen LogP contribution in [0.5, 0.6) is 0 Å². The Kier molecular flexibility index (Phi) is 5.36. The second-order valence-corrected chi connectivity index (χ2v) is 9.57. The van der Waals surface area contributed by atoms with Crippen molar-refractivity contribution in [3.05, 3.63) is 11.4 Å². The van der Waals surface area contributed by atoms with Crippen molar-refractivity contribution in [1.29, 1.82) is 0 Å². The molecular formula is C21H33N3OS. The van der Waals surface area contributed by atoms with E-state index in [4.69, 9.17) is 4.98 Å². The smallest absolute Gasteiger partial charge is 0.233 e. The van der Waals surface area contributed by atoms with E-state index in [9.17, 15) is 4.79 Å². The van der Waals surface area contributed by atoms with Gasteiger partial charge in [0, 0.05) is 23.8 Å². The number of hydrogen-bond donors (Lipinski definition) is 0. The summed E-state index contributed by atoms with van der Waals surface area (Å²) in [5.41, 5.74) is 2.41. The summed E-state index contributed by atoms with van der Waals surface area (Å²) in [7, 11) is 0. The van der Waals surface area contributed by atoms with E-state index in [0.717, 1.165) is 16.8 Å². The predicted molar refractivity (Wildman–Crippen MR) is 107 cm³/mol. The lowest BCUT2D eigenvalue weighted by Crippen LogP contribution is -2.42. The highest BCUT2D eigenvalue weighted by Gasteiger charge is 2.41. The minimum absolute atomic E-state index is 0.324. The highest BCUT2D eigenvalue weighted by atomic mass is 32.2. The van der Waals surface area contributed by atoms with Crippen LogP contribution in [0.3, 0.4) is 0 Å². The lowest BCUT2D eigenvalue weighted by Gasteiger charge is -2.30. The van der Waals surface area contributed by atoms with Crippen LogP contribution >= 0.6 is 11.8 Å². The summed E-state index contributed by atoms with van der Waals surface area (Å²) in [5, 5.41) is 1.06. The van der Waals surface area contributed by atoms with Gasteiger partial charge in [0.25, 0.3) is 0 Å². The fourth-order valence-corrected chi connectivity index (χ4v) is 5.62. The van der Waals surface area contributed by atoms with Gasteiger partial charge in [0.1, 0.15) is 0 Å². The van der Waals surface area contributed by atoms with E-state index in [1.54, 1.807) is 11.8 Å². The Morgan fingerprint density at radius 2 is 1.85 bits per heavy atom. The van der Waals surface area contributed by atoms with Gasteiger partial charge >= 0.3 is 0 Å². The summed E-state index contributed by atoms with van der Waals surface area (Å²) in [6.45, 7) is 6.55. The van der Waals surface area contributed by atoms with E-state index < -0.39 is 0 Å². The number of carbonyl (C=O) groups is 1. The van der Waals surface area contributed by atoms with Crippen LogP contribution in [-0.4, -0.2) is 38.2 Å². The van der Waals surface area contributed by atoms with Gasteiger partial charge in [0.2, 0.25) is 5.91 Å². The van der Waals surface area contributed by atoms with Crippen molar-refractivity contribution in [2.45, 2.75) is 102 Å². The minimum atomic E-state index is 0.324. The molecule has 1 unspecified atom stereocenters. The van der Waals surface area contributed by atoms with Gasteiger partial charge in [-0.15, -0.1) is 0 Å². The molecule has 0 saturated heterocycles. The third kappa shape index (κ3) is 3.83. The van der Waals surface area contributed by atoms with Crippen LogP contribution in [0.15, 0.2) is 5.16 Å². The van der Waals surface area contributed by atoms with Gasteiger partial charge in [-0.2, -0.15) is 0 Å². The van der Waals surface area contributed by atoms with Crippen LogP contribution < -0.4 is 0 Å². The Labute approximate surface area is 162 Å². The number of nitrogens with zero attached hydrogens (tertiary/aromatic N) is 3. The molecule has 1 aromatic heterocycles. The van der Waals surface area contributed by atoms with Crippen molar-refractivity contribution in [3.8, 4) is 0 Å². The molecule has 0 radical (unpaired) electrons. The van der Waals surface area contributed by atoms with E-state index >= 15 is 0 Å². The molecule has 3 aliphatic carbocycles. The van der Waals surface area contributed by atoms with Crippen LogP contribution in [0.25, 0.3) is 0 Å². The fraction of sp³-hybridized carbons (Fsp3) is 0.810. The van der Waals surface area contributed by atoms with Gasteiger partial charge in [0.05, 0.1) is 11.4 Å². The zero-order chi connectivity index (χ0) is 18.3. The average molecular weight is 376 g/mol. The highest BCUT2D eigenvalue weighted by Crippen LogP contribution is 2.40. The Bertz CT molecular complexity index is 656. The first kappa shape index (κ1) is 18.4. The molecule has 1 heterocycles. The molecule has 26 heavy (non-hydrogen) atoms. The molecule has 3 aliphatic rings. The summed E-state index contributed by atoms with van der Waals surface area (Å²) in [4.78, 5) is 20.1. The van der Waals surface area contributed by atoms with Crippen molar-refractivity contribution in [1.82, 2.24) is 14.5 Å². The van der Waals surface area contributed by atoms with Crippen LogP contribution in [-0.2, 0) is 4.79 Å². The SMILES string of the molecule is Cc1nc(SCC(=O)N(C2CC2)C(C)C2CC2)n(C2CCCCC2)c1C. The lowest BCUT2D eigenvalue weighted by molar-refractivity contribution is -0.131. The average Bonchev–Trinajstić information content (AvgIpc) is 3.54. The van der Waals surface area contributed by atoms with Crippen LogP contribution in [0.1, 0.15) is 82.1 Å². The van der Waals surface area contributed by atoms with Crippen molar-refractivity contribution in [2.75, 3.05) is 5.75 Å². The van der Waals surface area contributed by atoms with Crippen molar-refractivity contribution >= 4 is 17.7 Å². The zero-order valence-corrected chi connectivity index (χ0v) is 17.4. The van der Waals surface area contributed by atoms with Crippen LogP contribution in [0.2, 0.25) is 0 Å². The molecular weight excluding hydrogens is 342 g/mol. The van der Waals surface area contributed by atoms with E-state index in [0.29, 0.717) is 29.8 Å². The summed E-state index contributed by atoms with van der Waals surface area (Å²) in [5.74, 6) is 1.61. The molecule has 0 bridgehead atoms. The predicted octanol–water partition coefficient (Wildman–Crippen LogP) is 4.89. The number of carbonyl (C=O) groups excluding carboxylic acids is 1. The van der Waals surface area contributed by atoms with E-state index in [1.807, 2.05) is 0 Å². The topological polar surface area (TPSA) is 38.1 Å². The van der Waals surface area contributed by atoms with Crippen LogP contribution in [0, 0.1) is 19.8 Å². The largest absolute Gasteiger partial charge is 0.336 e. The summed E-state index contributed by atoms with van der Waals surface area (Å²) in [6.07, 6.45) is 11.5. The Morgan fingerprint density at radius 3 is 2.46 bits per heavy atom. The van der Waals surface area contributed by atoms with Gasteiger partial charge in [-0.1, -0.05) is 31.0 Å². The molecule has 4 rings (SSSR count). The monoisotopic (exact) mass is 375 g/mol. The second-order valence-electron chi connectivity index (χ2n) is 8.63. The van der Waals surface area contributed by atoms with E-state index in [1.165, 1.54) is 63.5 Å². The Morgan fingerprint density at radius 1 is 1.15 bits per heavy atom. The van der Waals surface area contributed by atoms with Gasteiger partial charge in [-0.25, -0.2) is 4.98 Å². The maximum atomic E-state index is 13.0. The summed E-state index contributed by atoms with van der Waals surface area (Å²) in [6, 6.07) is 1.52. The Balaban J connectivity index is 1.45. The normalized spacial score (nSPS) is 22.4. The number of thioether (sulfide) groups is 1. The number of rotatable bonds is 7. The molecule has 1 atom stereocenters. The molecule has 3 saturated carbocycles. The first-order valence-corrected chi connectivity index (χ1v) is 11.5. The first-order valence-electron chi connectivity index (χ1n) is 10.6. The summed E-state index contributed by atoms with van der Waals surface area (Å²) >= 11 is 1.67. The lowest BCUT2D eigenvalue weighted by atomic mass is 9.95. The molecule has 4 nitrogen and oxygen atoms in total. The van der Waals surface area contributed by atoms with E-state index in [2.05, 4.69) is 30.2 Å². The molecule has 5 heteroatoms. The number of hydrogen-bond acceptors (Lipinski definition) is 3. The third-order valence-corrected chi connectivity index (χ3v) is 7.53.